The van der Waals surface area contributed by atoms with E-state index in [0.29, 0.717) is 36.8 Å². The highest BCUT2D eigenvalue weighted by molar-refractivity contribution is 7.92. The highest BCUT2D eigenvalue weighted by Crippen LogP contribution is 2.31. The number of hydrogen-bond donors (Lipinski definition) is 1. The van der Waals surface area contributed by atoms with Gasteiger partial charge in [0.25, 0.3) is 5.91 Å². The topological polar surface area (TPSA) is 84.9 Å². The summed E-state index contributed by atoms with van der Waals surface area (Å²) in [4.78, 5) is 12.5. The third-order valence-electron chi connectivity index (χ3n) is 5.36. The van der Waals surface area contributed by atoms with Crippen molar-refractivity contribution >= 4 is 21.6 Å². The number of rotatable bonds is 12. The van der Waals surface area contributed by atoms with Gasteiger partial charge in [0.05, 0.1) is 31.6 Å². The molecule has 186 valence electrons. The molecular weight excluding hydrogens is 464 g/mol. The molecule has 0 atom stereocenters. The Labute approximate surface area is 207 Å². The lowest BCUT2D eigenvalue weighted by atomic mass is 10.1. The minimum Gasteiger partial charge on any atom is -0.492 e. The first kappa shape index (κ1) is 26.1. The van der Waals surface area contributed by atoms with E-state index in [1.165, 1.54) is 9.87 Å². The summed E-state index contributed by atoms with van der Waals surface area (Å²) in [7, 11) is -3.57. The molecule has 0 heterocycles. The van der Waals surface area contributed by atoms with Crippen molar-refractivity contribution in [1.82, 2.24) is 5.32 Å². The van der Waals surface area contributed by atoms with Gasteiger partial charge in [-0.05, 0) is 60.9 Å². The Balaban J connectivity index is 1.59. The first-order chi connectivity index (χ1) is 16.8. The van der Waals surface area contributed by atoms with Crippen LogP contribution in [0.25, 0.3) is 0 Å². The molecule has 0 saturated heterocycles. The number of benzene rings is 3. The first-order valence-electron chi connectivity index (χ1n) is 11.6. The highest BCUT2D eigenvalue weighted by Gasteiger charge is 2.21. The molecule has 0 fully saturated rings. The molecule has 7 nitrogen and oxygen atoms in total. The molecule has 8 heteroatoms. The van der Waals surface area contributed by atoms with Gasteiger partial charge < -0.3 is 14.8 Å². The maximum atomic E-state index is 12.5. The lowest BCUT2D eigenvalue weighted by molar-refractivity contribution is 0.0947. The molecular formula is C27H32N2O5S. The van der Waals surface area contributed by atoms with Crippen molar-refractivity contribution in [2.75, 3.05) is 30.3 Å². The zero-order valence-corrected chi connectivity index (χ0v) is 21.2. The van der Waals surface area contributed by atoms with Gasteiger partial charge in [0.15, 0.2) is 0 Å². The van der Waals surface area contributed by atoms with E-state index in [-0.39, 0.29) is 12.5 Å². The standard InChI is InChI=1S/C27H32N2O5S/c1-4-21-12-16-24(17-13-21)34-19-18-28-27(30)23-14-10-22(11-15-23)20-29(35(3,31)32)25-8-6-7-9-26(25)33-5-2/h6-17H,4-5,18-20H2,1-3H3,(H,28,30). The van der Waals surface area contributed by atoms with Gasteiger partial charge in [-0.3, -0.25) is 9.10 Å². The average molecular weight is 497 g/mol. The van der Waals surface area contributed by atoms with Gasteiger partial charge in [-0.25, -0.2) is 8.42 Å². The monoisotopic (exact) mass is 496 g/mol. The Kier molecular flexibility index (Phi) is 9.14. The number of carbonyl (C=O) groups excluding carboxylic acids is 1. The molecule has 0 aromatic heterocycles. The number of ether oxygens (including phenoxy) is 2. The summed E-state index contributed by atoms with van der Waals surface area (Å²) in [6, 6.07) is 21.8. The van der Waals surface area contributed by atoms with E-state index in [0.717, 1.165) is 24.0 Å². The van der Waals surface area contributed by atoms with Crippen molar-refractivity contribution in [3.8, 4) is 11.5 Å². The molecule has 3 rings (SSSR count). The summed E-state index contributed by atoms with van der Waals surface area (Å²) in [6.07, 6.45) is 2.14. The van der Waals surface area contributed by atoms with Crippen LogP contribution >= 0.6 is 0 Å². The number of anilines is 1. The third kappa shape index (κ3) is 7.48. The molecule has 0 aliphatic carbocycles. The second-order valence-corrected chi connectivity index (χ2v) is 9.88. The van der Waals surface area contributed by atoms with Crippen LogP contribution in [0, 0.1) is 0 Å². The van der Waals surface area contributed by atoms with E-state index >= 15 is 0 Å². The van der Waals surface area contributed by atoms with Crippen molar-refractivity contribution in [2.24, 2.45) is 0 Å². The zero-order valence-electron chi connectivity index (χ0n) is 20.4. The molecule has 1 N–H and O–H groups in total. The number of sulfonamides is 1. The van der Waals surface area contributed by atoms with E-state index < -0.39 is 10.0 Å². The number of nitrogens with zero attached hydrogens (tertiary/aromatic N) is 1. The summed E-state index contributed by atoms with van der Waals surface area (Å²) in [5.41, 5.74) is 2.95. The Bertz CT molecular complexity index is 1210. The van der Waals surface area contributed by atoms with Gasteiger partial charge in [-0.2, -0.15) is 0 Å². The smallest absolute Gasteiger partial charge is 0.251 e. The van der Waals surface area contributed by atoms with Gasteiger partial charge >= 0.3 is 0 Å². The lowest BCUT2D eigenvalue weighted by Crippen LogP contribution is -2.30. The fourth-order valence-corrected chi connectivity index (χ4v) is 4.40. The van der Waals surface area contributed by atoms with Crippen LogP contribution in [-0.4, -0.2) is 40.3 Å². The minimum absolute atomic E-state index is 0.121. The van der Waals surface area contributed by atoms with E-state index in [1.807, 2.05) is 31.2 Å². The van der Waals surface area contributed by atoms with Crippen LogP contribution in [0.4, 0.5) is 5.69 Å². The minimum atomic E-state index is -3.57. The van der Waals surface area contributed by atoms with Gasteiger partial charge in [0.1, 0.15) is 18.1 Å². The van der Waals surface area contributed by atoms with Crippen LogP contribution < -0.4 is 19.1 Å². The number of hydrogen-bond acceptors (Lipinski definition) is 5. The van der Waals surface area contributed by atoms with E-state index in [4.69, 9.17) is 9.47 Å². The van der Waals surface area contributed by atoms with E-state index in [1.54, 1.807) is 48.5 Å². The summed E-state index contributed by atoms with van der Waals surface area (Å²) >= 11 is 0. The fourth-order valence-electron chi connectivity index (χ4n) is 3.51. The lowest BCUT2D eigenvalue weighted by Gasteiger charge is -2.24. The Morgan fingerprint density at radius 2 is 1.54 bits per heavy atom. The summed E-state index contributed by atoms with van der Waals surface area (Å²) in [6.45, 7) is 5.22. The number of amides is 1. The van der Waals surface area contributed by atoms with Crippen molar-refractivity contribution in [3.63, 3.8) is 0 Å². The molecule has 0 aliphatic rings. The fraction of sp³-hybridized carbons (Fsp3) is 0.296. The molecule has 3 aromatic carbocycles. The number of carbonyl (C=O) groups is 1. The molecule has 0 aliphatic heterocycles. The van der Waals surface area contributed by atoms with Gasteiger partial charge in [0.2, 0.25) is 10.0 Å². The van der Waals surface area contributed by atoms with Crippen LogP contribution in [0.1, 0.15) is 35.3 Å². The maximum Gasteiger partial charge on any atom is 0.251 e. The molecule has 0 spiro atoms. The van der Waals surface area contributed by atoms with E-state index in [2.05, 4.69) is 12.2 Å². The molecule has 0 unspecified atom stereocenters. The highest BCUT2D eigenvalue weighted by atomic mass is 32.2. The Morgan fingerprint density at radius 3 is 2.17 bits per heavy atom. The van der Waals surface area contributed by atoms with Crippen molar-refractivity contribution in [2.45, 2.75) is 26.8 Å². The summed E-state index contributed by atoms with van der Waals surface area (Å²) in [5, 5.41) is 2.84. The number of nitrogens with one attached hydrogen (secondary N) is 1. The Hall–Kier alpha value is -3.52. The normalized spacial score (nSPS) is 11.1. The molecule has 1 amide bonds. The maximum absolute atomic E-state index is 12.5. The van der Waals surface area contributed by atoms with Gasteiger partial charge in [-0.15, -0.1) is 0 Å². The number of para-hydroxylation sites is 2. The SMILES string of the molecule is CCOc1ccccc1N(Cc1ccc(C(=O)NCCOc2ccc(CC)cc2)cc1)S(C)(=O)=O. The number of aryl methyl sites for hydroxylation is 1. The van der Waals surface area contributed by atoms with Crippen molar-refractivity contribution < 1.29 is 22.7 Å². The Morgan fingerprint density at radius 1 is 0.886 bits per heavy atom. The van der Waals surface area contributed by atoms with E-state index in [9.17, 15) is 13.2 Å². The average Bonchev–Trinajstić information content (AvgIpc) is 2.86. The van der Waals surface area contributed by atoms with Crippen LogP contribution in [0.3, 0.4) is 0 Å². The second kappa shape index (κ2) is 12.3. The van der Waals surface area contributed by atoms with Crippen molar-refractivity contribution in [3.05, 3.63) is 89.5 Å². The van der Waals surface area contributed by atoms with Crippen LogP contribution in [0.5, 0.6) is 11.5 Å². The van der Waals surface area contributed by atoms with Crippen LogP contribution in [0.15, 0.2) is 72.8 Å². The molecule has 0 radical (unpaired) electrons. The largest absolute Gasteiger partial charge is 0.492 e. The molecule has 35 heavy (non-hydrogen) atoms. The quantitative estimate of drug-likeness (QED) is 0.375. The van der Waals surface area contributed by atoms with Crippen LogP contribution in [-0.2, 0) is 23.0 Å². The van der Waals surface area contributed by atoms with Gasteiger partial charge in [-0.1, -0.05) is 43.3 Å². The van der Waals surface area contributed by atoms with Crippen LogP contribution in [0.2, 0.25) is 0 Å². The summed E-state index contributed by atoms with van der Waals surface area (Å²) in [5.74, 6) is 1.05. The predicted molar refractivity (Wildman–Crippen MR) is 139 cm³/mol. The van der Waals surface area contributed by atoms with Gasteiger partial charge in [0, 0.05) is 5.56 Å². The second-order valence-electron chi connectivity index (χ2n) is 7.97. The third-order valence-corrected chi connectivity index (χ3v) is 6.49. The first-order valence-corrected chi connectivity index (χ1v) is 13.4. The predicted octanol–water partition coefficient (Wildman–Crippen LogP) is 4.42. The zero-order chi connectivity index (χ0) is 25.3. The van der Waals surface area contributed by atoms with Crippen molar-refractivity contribution in [1.29, 1.82) is 0 Å². The molecule has 3 aromatic rings. The summed E-state index contributed by atoms with van der Waals surface area (Å²) < 4.78 is 37.7. The molecule has 0 saturated carbocycles. The molecule has 0 bridgehead atoms.